The first kappa shape index (κ1) is 27.6. The van der Waals surface area contributed by atoms with Gasteiger partial charge in [-0.3, -0.25) is 14.5 Å². The van der Waals surface area contributed by atoms with Gasteiger partial charge in [0.15, 0.2) is 10.1 Å². The van der Waals surface area contributed by atoms with E-state index in [9.17, 15) is 14.9 Å². The maximum atomic E-state index is 13.3. The Morgan fingerprint density at radius 3 is 2.42 bits per heavy atom. The summed E-state index contributed by atoms with van der Waals surface area (Å²) >= 11 is 2.57. The number of nitrogens with zero attached hydrogens (tertiary/aromatic N) is 4. The van der Waals surface area contributed by atoms with E-state index in [1.165, 1.54) is 34.2 Å². The molecule has 0 saturated heterocycles. The number of aryl methyl sites for hydroxylation is 2. The lowest BCUT2D eigenvalue weighted by molar-refractivity contribution is -0.116. The van der Waals surface area contributed by atoms with Crippen molar-refractivity contribution in [1.82, 2.24) is 10.2 Å². The third kappa shape index (κ3) is 5.53. The van der Waals surface area contributed by atoms with Gasteiger partial charge in [-0.15, -0.1) is 10.2 Å². The van der Waals surface area contributed by atoms with E-state index < -0.39 is 5.92 Å². The molecular weight excluding hydrogens is 541 g/mol. The van der Waals surface area contributed by atoms with Crippen molar-refractivity contribution in [3.8, 4) is 6.07 Å². The monoisotopic (exact) mass is 570 g/mol. The van der Waals surface area contributed by atoms with Gasteiger partial charge >= 0.3 is 0 Å². The third-order valence-electron chi connectivity index (χ3n) is 7.19. The van der Waals surface area contributed by atoms with Crippen molar-refractivity contribution in [3.63, 3.8) is 0 Å². The van der Waals surface area contributed by atoms with Crippen LogP contribution in [-0.2, 0) is 22.4 Å². The number of carbonyl (C=O) groups is 2. The predicted octanol–water partition coefficient (Wildman–Crippen LogP) is 5.70. The number of carbonyl (C=O) groups excluding carboxylic acids is 2. The van der Waals surface area contributed by atoms with E-state index in [1.54, 1.807) is 4.90 Å². The number of nitrogens with two attached hydrogens (primary N) is 1. The van der Waals surface area contributed by atoms with Crippen molar-refractivity contribution >= 4 is 45.6 Å². The molecule has 1 aliphatic carbocycles. The molecule has 0 spiro atoms. The second kappa shape index (κ2) is 12.1. The molecule has 1 amide bonds. The van der Waals surface area contributed by atoms with Crippen LogP contribution in [0.3, 0.4) is 0 Å². The van der Waals surface area contributed by atoms with Crippen LogP contribution in [0.5, 0.6) is 0 Å². The van der Waals surface area contributed by atoms with Crippen molar-refractivity contribution in [2.24, 2.45) is 5.73 Å². The van der Waals surface area contributed by atoms with Gasteiger partial charge in [-0.2, -0.15) is 5.26 Å². The molecule has 1 unspecified atom stereocenters. The van der Waals surface area contributed by atoms with E-state index in [1.807, 2.05) is 48.5 Å². The van der Waals surface area contributed by atoms with Crippen molar-refractivity contribution in [1.29, 1.82) is 5.26 Å². The van der Waals surface area contributed by atoms with E-state index >= 15 is 0 Å². The van der Waals surface area contributed by atoms with Crippen LogP contribution in [0.25, 0.3) is 0 Å². The highest BCUT2D eigenvalue weighted by Gasteiger charge is 2.41. The van der Waals surface area contributed by atoms with Crippen LogP contribution in [-0.4, -0.2) is 27.6 Å². The zero-order valence-corrected chi connectivity index (χ0v) is 24.1. The summed E-state index contributed by atoms with van der Waals surface area (Å²) < 4.78 is 0.597. The number of Topliss-reactive ketones (excluding diaryl/α,β-unsaturated/α-hetero) is 1. The molecule has 1 aliphatic heterocycles. The minimum Gasteiger partial charge on any atom is -0.384 e. The maximum absolute atomic E-state index is 13.3. The van der Waals surface area contributed by atoms with Crippen molar-refractivity contribution in [2.75, 3.05) is 16.0 Å². The number of amides is 1. The fraction of sp³-hybridized carbons (Fsp3) is 0.300. The summed E-state index contributed by atoms with van der Waals surface area (Å²) in [6.45, 7) is 4.17. The Morgan fingerprint density at radius 2 is 1.77 bits per heavy atom. The van der Waals surface area contributed by atoms with Gasteiger partial charge in [-0.25, -0.2) is 0 Å². The molecule has 2 heterocycles. The first-order valence-electron chi connectivity index (χ1n) is 13.3. The Kier molecular flexibility index (Phi) is 8.33. The van der Waals surface area contributed by atoms with Gasteiger partial charge in [0, 0.05) is 23.4 Å². The van der Waals surface area contributed by atoms with Crippen LogP contribution in [0.15, 0.2) is 75.5 Å². The highest BCUT2D eigenvalue weighted by Crippen LogP contribution is 2.47. The van der Waals surface area contributed by atoms with Gasteiger partial charge in [0.2, 0.25) is 11.0 Å². The minimum atomic E-state index is -0.508. The average Bonchev–Trinajstić information content (AvgIpc) is 3.44. The zero-order chi connectivity index (χ0) is 28.2. The summed E-state index contributed by atoms with van der Waals surface area (Å²) in [6, 6.07) is 18.1. The van der Waals surface area contributed by atoms with Crippen molar-refractivity contribution in [2.45, 2.75) is 56.2 Å². The molecule has 0 radical (unpaired) electrons. The van der Waals surface area contributed by atoms with Crippen LogP contribution >= 0.6 is 23.1 Å². The van der Waals surface area contributed by atoms with Crippen LogP contribution in [0.1, 0.15) is 55.7 Å². The first-order chi connectivity index (χ1) is 19.4. The lowest BCUT2D eigenvalue weighted by atomic mass is 9.75. The van der Waals surface area contributed by atoms with Crippen LogP contribution < -0.4 is 16.0 Å². The smallest absolute Gasteiger partial charge is 0.234 e. The van der Waals surface area contributed by atoms with Crippen LogP contribution in [0.4, 0.5) is 10.8 Å². The number of aromatic nitrogens is 2. The second-order valence-electron chi connectivity index (χ2n) is 9.65. The van der Waals surface area contributed by atoms with E-state index in [2.05, 4.69) is 35.4 Å². The molecule has 5 rings (SSSR count). The number of benzene rings is 2. The fourth-order valence-corrected chi connectivity index (χ4v) is 6.76. The highest BCUT2D eigenvalue weighted by atomic mass is 32.2. The Balaban J connectivity index is 1.39. The summed E-state index contributed by atoms with van der Waals surface area (Å²) in [5.74, 6) is -0.191. The summed E-state index contributed by atoms with van der Waals surface area (Å²) in [7, 11) is 0. The van der Waals surface area contributed by atoms with Crippen LogP contribution in [0, 0.1) is 11.3 Å². The highest BCUT2D eigenvalue weighted by molar-refractivity contribution is 8.01. The molecule has 40 heavy (non-hydrogen) atoms. The quantitative estimate of drug-likeness (QED) is 0.331. The lowest BCUT2D eigenvalue weighted by Crippen LogP contribution is -2.38. The number of hydrogen-bond acceptors (Lipinski definition) is 9. The summed E-state index contributed by atoms with van der Waals surface area (Å²) in [5.41, 5.74) is 12.4. The van der Waals surface area contributed by atoms with Crippen molar-refractivity contribution < 1.29 is 9.59 Å². The Labute approximate surface area is 242 Å². The molecule has 204 valence electrons. The van der Waals surface area contributed by atoms with Gasteiger partial charge < -0.3 is 11.1 Å². The molecule has 10 heteroatoms. The third-order valence-corrected chi connectivity index (χ3v) is 9.24. The standard InChI is InChI=1S/C30H30N6O2S2/c1-3-18-8-12-20(13-9-18)26-22(16-31)28(32)36(23-6-5-7-24(37)27(23)26)29-34-35-30(40-29)39-17-25(38)33-21-14-10-19(4-2)11-15-21/h8-15,26H,3-7,17,32H2,1-2H3,(H,33,38). The lowest BCUT2D eigenvalue weighted by Gasteiger charge is -2.38. The predicted molar refractivity (Wildman–Crippen MR) is 159 cm³/mol. The Morgan fingerprint density at radius 1 is 1.10 bits per heavy atom. The molecule has 2 aliphatic rings. The largest absolute Gasteiger partial charge is 0.384 e. The van der Waals surface area contributed by atoms with E-state index in [0.29, 0.717) is 39.9 Å². The Hall–Kier alpha value is -3.94. The molecule has 0 bridgehead atoms. The molecule has 0 saturated carbocycles. The number of rotatable bonds is 8. The van der Waals surface area contributed by atoms with Crippen LogP contribution in [0.2, 0.25) is 0 Å². The number of thioether (sulfide) groups is 1. The number of ketones is 1. The van der Waals surface area contributed by atoms with Gasteiger partial charge in [0.25, 0.3) is 0 Å². The Bertz CT molecular complexity index is 1530. The molecule has 3 aromatic rings. The van der Waals surface area contributed by atoms with Gasteiger partial charge in [-0.05, 0) is 54.5 Å². The van der Waals surface area contributed by atoms with Gasteiger partial charge in [-0.1, -0.05) is 73.3 Å². The molecule has 0 fully saturated rings. The normalized spacial score (nSPS) is 17.1. The number of allylic oxidation sites excluding steroid dienone is 3. The van der Waals surface area contributed by atoms with E-state index in [4.69, 9.17) is 5.73 Å². The topological polar surface area (TPSA) is 125 Å². The van der Waals surface area contributed by atoms with E-state index in [-0.39, 0.29) is 23.3 Å². The number of anilines is 2. The minimum absolute atomic E-state index is 0.0267. The number of nitrogens with one attached hydrogen (secondary N) is 1. The summed E-state index contributed by atoms with van der Waals surface area (Å²) in [4.78, 5) is 27.6. The SMILES string of the molecule is CCc1ccc(NC(=O)CSc2nnc(N3C(N)=C(C#N)C(c4ccc(CC)cc4)C4=C3CCCC4=O)s2)cc1. The molecule has 8 nitrogen and oxygen atoms in total. The van der Waals surface area contributed by atoms with E-state index in [0.717, 1.165) is 29.8 Å². The molecule has 3 N–H and O–H groups in total. The van der Waals surface area contributed by atoms with Gasteiger partial charge in [0.1, 0.15) is 5.82 Å². The number of nitriles is 1. The fourth-order valence-electron chi connectivity index (χ4n) is 5.08. The number of hydrogen-bond donors (Lipinski definition) is 2. The second-order valence-corrected chi connectivity index (χ2v) is 11.8. The first-order valence-corrected chi connectivity index (χ1v) is 15.1. The molecule has 2 aromatic carbocycles. The molecular formula is C30H30N6O2S2. The average molecular weight is 571 g/mol. The maximum Gasteiger partial charge on any atom is 0.234 e. The summed E-state index contributed by atoms with van der Waals surface area (Å²) in [6.07, 6.45) is 3.62. The van der Waals surface area contributed by atoms with Crippen molar-refractivity contribution in [3.05, 3.63) is 87.9 Å². The summed E-state index contributed by atoms with van der Waals surface area (Å²) in [5, 5.41) is 22.2. The molecule has 1 aromatic heterocycles. The zero-order valence-electron chi connectivity index (χ0n) is 22.4. The van der Waals surface area contributed by atoms with Gasteiger partial charge in [0.05, 0.1) is 23.3 Å². The molecule has 1 atom stereocenters.